The number of anilines is 2. The van der Waals surface area contributed by atoms with E-state index in [1.54, 1.807) is 25.1 Å². The summed E-state index contributed by atoms with van der Waals surface area (Å²) in [6, 6.07) is 8.05. The third-order valence-corrected chi connectivity index (χ3v) is 9.32. The molecule has 3 heterocycles. The van der Waals surface area contributed by atoms with E-state index in [2.05, 4.69) is 33.2 Å². The molecule has 14 heteroatoms. The number of fused-ring (bicyclic) bond motifs is 1. The molecular formula is C35H39F4N3O6S. The summed E-state index contributed by atoms with van der Waals surface area (Å²) in [6.07, 6.45) is 3.25. The molecule has 1 atom stereocenters. The summed E-state index contributed by atoms with van der Waals surface area (Å²) in [5.41, 5.74) is -3.75. The van der Waals surface area contributed by atoms with Gasteiger partial charge in [-0.05, 0) is 74.9 Å². The first-order valence-electron chi connectivity index (χ1n) is 15.8. The van der Waals surface area contributed by atoms with Crippen LogP contribution in [0.1, 0.15) is 80.6 Å². The standard InChI is InChI=1S/C33H33F4N3O6S.C2H6/c1-18-13-23(30-24(14-18)28(42)19(2)31(45-30)40-11-8-32(4,5)9-12-40)20(3)39-26-7-6-10-38-27(26)21-15-22(17-41)29(25(34)16-21)46-47(43,44)33(35,36)37;1-2/h6-7,10,13-17,20,39H,8-9,11-12H2,1-5H3;1-2H3. The minimum Gasteiger partial charge on any atom is -0.440 e. The van der Waals surface area contributed by atoms with E-state index in [-0.39, 0.29) is 28.4 Å². The zero-order chi connectivity index (χ0) is 36.5. The van der Waals surface area contributed by atoms with E-state index in [1.165, 1.54) is 6.20 Å². The summed E-state index contributed by atoms with van der Waals surface area (Å²) >= 11 is 0. The Morgan fingerprint density at radius 1 is 1.10 bits per heavy atom. The van der Waals surface area contributed by atoms with Gasteiger partial charge in [-0.2, -0.15) is 21.6 Å². The lowest BCUT2D eigenvalue weighted by Gasteiger charge is -2.37. The van der Waals surface area contributed by atoms with Crippen LogP contribution < -0.4 is 19.8 Å². The predicted molar refractivity (Wildman–Crippen MR) is 181 cm³/mol. The molecule has 0 saturated carbocycles. The lowest BCUT2D eigenvalue weighted by molar-refractivity contribution is -0.0501. The van der Waals surface area contributed by atoms with Crippen molar-refractivity contribution in [2.75, 3.05) is 23.3 Å². The van der Waals surface area contributed by atoms with Crippen molar-refractivity contribution in [2.24, 2.45) is 5.41 Å². The summed E-state index contributed by atoms with van der Waals surface area (Å²) in [6.45, 7) is 15.3. The molecule has 49 heavy (non-hydrogen) atoms. The van der Waals surface area contributed by atoms with Gasteiger partial charge in [0.05, 0.1) is 33.9 Å². The van der Waals surface area contributed by atoms with Crippen LogP contribution in [0.15, 0.2) is 51.8 Å². The van der Waals surface area contributed by atoms with E-state index >= 15 is 4.39 Å². The highest BCUT2D eigenvalue weighted by atomic mass is 32.2. The van der Waals surface area contributed by atoms with Gasteiger partial charge >= 0.3 is 15.6 Å². The molecule has 0 spiro atoms. The van der Waals surface area contributed by atoms with Gasteiger partial charge in [0.1, 0.15) is 5.58 Å². The monoisotopic (exact) mass is 705 g/mol. The van der Waals surface area contributed by atoms with Crippen LogP contribution in [0.25, 0.3) is 22.2 Å². The molecule has 4 aromatic rings. The summed E-state index contributed by atoms with van der Waals surface area (Å²) in [4.78, 5) is 31.7. The largest absolute Gasteiger partial charge is 0.534 e. The molecule has 0 aliphatic carbocycles. The fourth-order valence-electron chi connectivity index (χ4n) is 5.64. The SMILES string of the molecule is CC.Cc1cc(C(C)Nc2cccnc2-c2cc(F)c(OS(=O)(=O)C(F)(F)F)c(C=O)c2)c2oc(N3CCC(C)(C)CC3)c(C)c(=O)c2c1. The van der Waals surface area contributed by atoms with Gasteiger partial charge in [-0.1, -0.05) is 33.8 Å². The van der Waals surface area contributed by atoms with Crippen molar-refractivity contribution in [3.63, 3.8) is 0 Å². The number of nitrogens with zero attached hydrogens (tertiary/aromatic N) is 2. The van der Waals surface area contributed by atoms with Crippen LogP contribution in [0.4, 0.5) is 29.1 Å². The molecule has 2 aromatic heterocycles. The second-order valence-electron chi connectivity index (χ2n) is 12.5. The molecule has 1 unspecified atom stereocenters. The maximum atomic E-state index is 15.1. The topological polar surface area (TPSA) is 119 Å². The van der Waals surface area contributed by atoms with Crippen molar-refractivity contribution < 1.29 is 39.4 Å². The second-order valence-corrected chi connectivity index (χ2v) is 14.0. The third kappa shape index (κ3) is 7.74. The number of aryl methyl sites for hydroxylation is 1. The van der Waals surface area contributed by atoms with Gasteiger partial charge < -0.3 is 18.8 Å². The minimum absolute atomic E-state index is 0.0176. The minimum atomic E-state index is -6.24. The number of carbonyl (C=O) groups is 1. The molecule has 0 radical (unpaired) electrons. The average molecular weight is 706 g/mol. The smallest absolute Gasteiger partial charge is 0.440 e. The number of nitrogens with one attached hydrogen (secondary N) is 1. The van der Waals surface area contributed by atoms with Crippen LogP contribution in [-0.4, -0.2) is 38.3 Å². The highest BCUT2D eigenvalue weighted by Crippen LogP contribution is 2.38. The second kappa shape index (κ2) is 14.2. The molecule has 1 N–H and O–H groups in total. The summed E-state index contributed by atoms with van der Waals surface area (Å²) in [5.74, 6) is -2.38. The Bertz CT molecular complexity index is 2030. The third-order valence-electron chi connectivity index (χ3n) is 8.37. The summed E-state index contributed by atoms with van der Waals surface area (Å²) < 4.78 is 87.2. The Kier molecular flexibility index (Phi) is 10.8. The van der Waals surface area contributed by atoms with Crippen LogP contribution in [-0.2, 0) is 10.1 Å². The Balaban J connectivity index is 0.00000265. The lowest BCUT2D eigenvalue weighted by atomic mass is 9.82. The normalized spacial score (nSPS) is 15.3. The highest BCUT2D eigenvalue weighted by molar-refractivity contribution is 7.88. The first kappa shape index (κ1) is 37.4. The van der Waals surface area contributed by atoms with E-state index < -0.39 is 38.8 Å². The zero-order valence-corrected chi connectivity index (χ0v) is 29.1. The first-order chi connectivity index (χ1) is 22.9. The summed E-state index contributed by atoms with van der Waals surface area (Å²) in [5, 5.41) is 3.71. The number of aldehydes is 1. The van der Waals surface area contributed by atoms with Crippen molar-refractivity contribution in [3.05, 3.63) is 80.9 Å². The number of hydrogen-bond donors (Lipinski definition) is 1. The van der Waals surface area contributed by atoms with Crippen LogP contribution in [0.5, 0.6) is 5.75 Å². The van der Waals surface area contributed by atoms with Crippen LogP contribution >= 0.6 is 0 Å². The van der Waals surface area contributed by atoms with E-state index in [0.29, 0.717) is 33.7 Å². The molecule has 0 bridgehead atoms. The van der Waals surface area contributed by atoms with Crippen molar-refractivity contribution in [3.8, 4) is 17.0 Å². The summed E-state index contributed by atoms with van der Waals surface area (Å²) in [7, 11) is -6.24. The Morgan fingerprint density at radius 3 is 2.37 bits per heavy atom. The van der Waals surface area contributed by atoms with Crippen molar-refractivity contribution in [1.29, 1.82) is 0 Å². The van der Waals surface area contributed by atoms with Gasteiger partial charge in [0, 0.05) is 30.4 Å². The number of piperidine rings is 1. The zero-order valence-electron chi connectivity index (χ0n) is 28.3. The number of alkyl halides is 3. The quantitative estimate of drug-likeness (QED) is 0.0833. The Hall–Kier alpha value is -4.46. The molecule has 1 saturated heterocycles. The molecule has 2 aromatic carbocycles. The van der Waals surface area contributed by atoms with E-state index in [1.807, 2.05) is 33.8 Å². The maximum Gasteiger partial charge on any atom is 0.534 e. The predicted octanol–water partition coefficient (Wildman–Crippen LogP) is 8.48. The number of benzene rings is 2. The Labute approximate surface area is 282 Å². The van der Waals surface area contributed by atoms with Gasteiger partial charge in [0.25, 0.3) is 0 Å². The lowest BCUT2D eigenvalue weighted by Crippen LogP contribution is -2.38. The highest BCUT2D eigenvalue weighted by Gasteiger charge is 2.49. The molecule has 0 amide bonds. The number of aromatic nitrogens is 1. The Morgan fingerprint density at radius 2 is 1.76 bits per heavy atom. The molecule has 9 nitrogen and oxygen atoms in total. The first-order valence-corrected chi connectivity index (χ1v) is 17.2. The van der Waals surface area contributed by atoms with Crippen LogP contribution in [0.3, 0.4) is 0 Å². The number of hydrogen-bond acceptors (Lipinski definition) is 9. The van der Waals surface area contributed by atoms with E-state index in [4.69, 9.17) is 4.42 Å². The van der Waals surface area contributed by atoms with Gasteiger partial charge in [0.15, 0.2) is 23.3 Å². The number of halogens is 4. The molecular weight excluding hydrogens is 666 g/mol. The van der Waals surface area contributed by atoms with Crippen LogP contribution in [0, 0.1) is 25.1 Å². The number of rotatable bonds is 8. The van der Waals surface area contributed by atoms with Gasteiger partial charge in [-0.15, -0.1) is 0 Å². The van der Waals surface area contributed by atoms with Gasteiger partial charge in [-0.25, -0.2) is 4.39 Å². The fourth-order valence-corrected chi connectivity index (χ4v) is 6.13. The fraction of sp³-hybridized carbons (Fsp3) is 0.400. The molecule has 1 aliphatic heterocycles. The maximum absolute atomic E-state index is 15.1. The molecule has 264 valence electrons. The number of pyridine rings is 1. The van der Waals surface area contributed by atoms with E-state index in [9.17, 15) is 31.2 Å². The van der Waals surface area contributed by atoms with Crippen molar-refractivity contribution >= 4 is 38.9 Å². The van der Waals surface area contributed by atoms with Gasteiger partial charge in [0.2, 0.25) is 5.88 Å². The average Bonchev–Trinajstić information content (AvgIpc) is 3.04. The van der Waals surface area contributed by atoms with Crippen molar-refractivity contribution in [1.82, 2.24) is 4.98 Å². The van der Waals surface area contributed by atoms with Crippen molar-refractivity contribution in [2.45, 2.75) is 72.9 Å². The van der Waals surface area contributed by atoms with E-state index in [0.717, 1.165) is 43.6 Å². The molecule has 1 aliphatic rings. The van der Waals surface area contributed by atoms with Crippen LogP contribution in [0.2, 0.25) is 0 Å². The number of carbonyl (C=O) groups excluding carboxylic acids is 1. The molecule has 5 rings (SSSR count). The van der Waals surface area contributed by atoms with Gasteiger partial charge in [-0.3, -0.25) is 14.6 Å². The molecule has 1 fully saturated rings.